The van der Waals surface area contributed by atoms with Crippen molar-refractivity contribution in [2.75, 3.05) is 5.75 Å². The van der Waals surface area contributed by atoms with Gasteiger partial charge in [0.2, 0.25) is 15.9 Å². The lowest BCUT2D eigenvalue weighted by molar-refractivity contribution is -0.119. The van der Waals surface area contributed by atoms with Crippen LogP contribution in [-0.4, -0.2) is 31.6 Å². The second-order valence-corrected chi connectivity index (χ2v) is 7.80. The normalized spacial score (nSPS) is 15.4. The number of nitrogens with one attached hydrogen (secondary N) is 2. The van der Waals surface area contributed by atoms with Gasteiger partial charge in [0, 0.05) is 12.6 Å². The Bertz CT molecular complexity index is 656. The maximum absolute atomic E-state index is 12.0. The summed E-state index contributed by atoms with van der Waals surface area (Å²) in [5.41, 5.74) is -3.84. The highest BCUT2D eigenvalue weighted by Crippen LogP contribution is 2.29. The number of alkyl halides is 3. The number of amides is 1. The summed E-state index contributed by atoms with van der Waals surface area (Å²) in [7, 11) is -3.54. The van der Waals surface area contributed by atoms with Gasteiger partial charge in [0.25, 0.3) is 0 Å². The van der Waals surface area contributed by atoms with E-state index in [0.717, 1.165) is 12.8 Å². The molecule has 0 unspecified atom stereocenters. The van der Waals surface area contributed by atoms with Gasteiger partial charge in [0.1, 0.15) is 0 Å². The molecule has 0 aromatic heterocycles. The van der Waals surface area contributed by atoms with E-state index < -0.39 is 39.0 Å². The molecule has 1 aromatic rings. The van der Waals surface area contributed by atoms with Crippen molar-refractivity contribution in [3.8, 4) is 0 Å². The second-order valence-electron chi connectivity index (χ2n) is 5.05. The van der Waals surface area contributed by atoms with E-state index in [1.165, 1.54) is 24.3 Å². The van der Waals surface area contributed by atoms with E-state index in [0.29, 0.717) is 5.56 Å². The van der Waals surface area contributed by atoms with E-state index in [4.69, 9.17) is 0 Å². The Kier molecular flexibility index (Phi) is 5.58. The maximum atomic E-state index is 12.0. The van der Waals surface area contributed by atoms with Crippen molar-refractivity contribution < 1.29 is 26.4 Å². The van der Waals surface area contributed by atoms with Gasteiger partial charge in [0.05, 0.1) is 10.6 Å². The number of hydrogen-bond acceptors (Lipinski definition) is 4. The average molecular weight is 368 g/mol. The van der Waals surface area contributed by atoms with Crippen LogP contribution < -0.4 is 10.0 Å². The quantitative estimate of drug-likeness (QED) is 0.772. The number of sulfonamides is 1. The number of thioether (sulfide) groups is 1. The van der Waals surface area contributed by atoms with Gasteiger partial charge in [-0.15, -0.1) is 0 Å². The highest BCUT2D eigenvalue weighted by molar-refractivity contribution is 8.00. The van der Waals surface area contributed by atoms with Crippen molar-refractivity contribution in [2.45, 2.75) is 35.8 Å². The van der Waals surface area contributed by atoms with E-state index in [9.17, 15) is 26.4 Å². The molecule has 0 aliphatic heterocycles. The molecule has 0 heterocycles. The van der Waals surface area contributed by atoms with Crippen molar-refractivity contribution in [2.24, 2.45) is 0 Å². The fraction of sp³-hybridized carbons (Fsp3) is 0.462. The molecule has 0 radical (unpaired) electrons. The Morgan fingerprint density at radius 2 is 1.83 bits per heavy atom. The lowest BCUT2D eigenvalue weighted by Gasteiger charge is -2.08. The molecule has 2 N–H and O–H groups in total. The SMILES string of the molecule is O=C(CSC(F)(F)F)NCc1ccc(S(=O)(=O)NC2CC2)cc1. The summed E-state index contributed by atoms with van der Waals surface area (Å²) in [4.78, 5) is 11.4. The Morgan fingerprint density at radius 1 is 1.22 bits per heavy atom. The molecule has 0 spiro atoms. The Hall–Kier alpha value is -1.26. The first-order valence-electron chi connectivity index (χ1n) is 6.74. The molecule has 1 fully saturated rings. The van der Waals surface area contributed by atoms with Gasteiger partial charge in [-0.1, -0.05) is 12.1 Å². The number of carbonyl (C=O) groups is 1. The molecule has 1 aliphatic rings. The van der Waals surface area contributed by atoms with Gasteiger partial charge in [-0.25, -0.2) is 13.1 Å². The minimum absolute atomic E-state index is 0.00472. The van der Waals surface area contributed by atoms with Gasteiger partial charge in [-0.05, 0) is 42.3 Å². The van der Waals surface area contributed by atoms with Crippen molar-refractivity contribution in [3.63, 3.8) is 0 Å². The first-order valence-corrected chi connectivity index (χ1v) is 9.21. The van der Waals surface area contributed by atoms with Crippen LogP contribution in [0.25, 0.3) is 0 Å². The molecule has 10 heteroatoms. The summed E-state index contributed by atoms with van der Waals surface area (Å²) in [6, 6.07) is 5.83. The average Bonchev–Trinajstić information content (AvgIpc) is 3.26. The topological polar surface area (TPSA) is 75.3 Å². The Morgan fingerprint density at radius 3 is 2.35 bits per heavy atom. The van der Waals surface area contributed by atoms with E-state index in [1.807, 2.05) is 0 Å². The highest BCUT2D eigenvalue weighted by Gasteiger charge is 2.29. The minimum Gasteiger partial charge on any atom is -0.351 e. The molecule has 1 saturated carbocycles. The molecule has 1 amide bonds. The molecule has 128 valence electrons. The molecule has 5 nitrogen and oxygen atoms in total. The summed E-state index contributed by atoms with van der Waals surface area (Å²) in [5, 5.41) is 2.35. The molecule has 0 atom stereocenters. The van der Waals surface area contributed by atoms with Gasteiger partial charge in [-0.2, -0.15) is 13.2 Å². The second kappa shape index (κ2) is 7.10. The van der Waals surface area contributed by atoms with Gasteiger partial charge in [0.15, 0.2) is 0 Å². The largest absolute Gasteiger partial charge is 0.442 e. The monoisotopic (exact) mass is 368 g/mol. The van der Waals surface area contributed by atoms with Crippen molar-refractivity contribution >= 4 is 27.7 Å². The molecule has 0 bridgehead atoms. The zero-order chi connectivity index (χ0) is 17.1. The number of carbonyl (C=O) groups excluding carboxylic acids is 1. The fourth-order valence-corrected chi connectivity index (χ4v) is 3.38. The summed E-state index contributed by atoms with van der Waals surface area (Å²) in [6.45, 7) is 0.0353. The van der Waals surface area contributed by atoms with Crippen LogP contribution in [0.2, 0.25) is 0 Å². The van der Waals surface area contributed by atoms with Crippen LogP contribution in [-0.2, 0) is 21.4 Å². The Labute approximate surface area is 136 Å². The van der Waals surface area contributed by atoms with E-state index in [1.54, 1.807) is 0 Å². The third kappa shape index (κ3) is 6.40. The first kappa shape index (κ1) is 18.1. The third-order valence-corrected chi connectivity index (χ3v) is 5.26. The van der Waals surface area contributed by atoms with Crippen LogP contribution in [0.3, 0.4) is 0 Å². The molecule has 2 rings (SSSR count). The van der Waals surface area contributed by atoms with Gasteiger partial charge in [-0.3, -0.25) is 4.79 Å². The van der Waals surface area contributed by atoms with Gasteiger partial charge >= 0.3 is 5.51 Å². The lowest BCUT2D eigenvalue weighted by Crippen LogP contribution is -2.26. The number of halogens is 3. The summed E-state index contributed by atoms with van der Waals surface area (Å²) >= 11 is -0.405. The number of benzene rings is 1. The van der Waals surface area contributed by atoms with Crippen molar-refractivity contribution in [1.29, 1.82) is 0 Å². The predicted molar refractivity (Wildman–Crippen MR) is 80.1 cm³/mol. The van der Waals surface area contributed by atoms with Crippen molar-refractivity contribution in [1.82, 2.24) is 10.0 Å². The van der Waals surface area contributed by atoms with E-state index >= 15 is 0 Å². The van der Waals surface area contributed by atoms with Crippen LogP contribution in [0.15, 0.2) is 29.2 Å². The summed E-state index contributed by atoms with van der Waals surface area (Å²) in [5.74, 6) is -1.44. The van der Waals surface area contributed by atoms with Crippen LogP contribution in [0, 0.1) is 0 Å². The van der Waals surface area contributed by atoms with Gasteiger partial charge < -0.3 is 5.32 Å². The minimum atomic E-state index is -4.44. The fourth-order valence-electron chi connectivity index (χ4n) is 1.67. The Balaban J connectivity index is 1.84. The first-order chi connectivity index (χ1) is 10.7. The van der Waals surface area contributed by atoms with Crippen molar-refractivity contribution in [3.05, 3.63) is 29.8 Å². The molecule has 1 aromatic carbocycles. The summed E-state index contributed by atoms with van der Waals surface area (Å²) < 4.78 is 62.3. The molecule has 1 aliphatic carbocycles. The molecule has 23 heavy (non-hydrogen) atoms. The van der Waals surface area contributed by atoms with Crippen LogP contribution >= 0.6 is 11.8 Å². The van der Waals surface area contributed by atoms with Crippen LogP contribution in [0.1, 0.15) is 18.4 Å². The molecule has 0 saturated heterocycles. The zero-order valence-electron chi connectivity index (χ0n) is 11.9. The summed E-state index contributed by atoms with van der Waals surface area (Å²) in [6.07, 6.45) is 1.67. The number of rotatable bonds is 7. The molecular weight excluding hydrogens is 353 g/mol. The van der Waals surface area contributed by atoms with E-state index in [2.05, 4.69) is 10.0 Å². The maximum Gasteiger partial charge on any atom is 0.442 e. The van der Waals surface area contributed by atoms with E-state index in [-0.39, 0.29) is 17.5 Å². The number of hydrogen-bond donors (Lipinski definition) is 2. The predicted octanol–water partition coefficient (Wildman–Crippen LogP) is 2.00. The van der Waals surface area contributed by atoms with Crippen LogP contribution in [0.5, 0.6) is 0 Å². The zero-order valence-corrected chi connectivity index (χ0v) is 13.5. The smallest absolute Gasteiger partial charge is 0.351 e. The lowest BCUT2D eigenvalue weighted by atomic mass is 10.2. The highest BCUT2D eigenvalue weighted by atomic mass is 32.2. The van der Waals surface area contributed by atoms with Crippen LogP contribution in [0.4, 0.5) is 13.2 Å². The third-order valence-electron chi connectivity index (χ3n) is 2.99. The standard InChI is InChI=1S/C13H15F3N2O3S2/c14-13(15,16)22-8-12(19)17-7-9-1-5-11(6-2-9)23(20,21)18-10-3-4-10/h1-2,5-6,10,18H,3-4,7-8H2,(H,17,19). The molecular formula is C13H15F3N2O3S2.